The van der Waals surface area contributed by atoms with Gasteiger partial charge < -0.3 is 10.0 Å². The van der Waals surface area contributed by atoms with Crippen molar-refractivity contribution < 1.29 is 14.7 Å². The summed E-state index contributed by atoms with van der Waals surface area (Å²) in [7, 11) is 0. The Balaban J connectivity index is 2.17. The molecule has 1 aliphatic heterocycles. The third kappa shape index (κ3) is 2.89. The van der Waals surface area contributed by atoms with E-state index in [0.717, 1.165) is 5.75 Å². The first-order valence-electron chi connectivity index (χ1n) is 6.12. The number of nitrogens with zero attached hydrogens (tertiary/aromatic N) is 2. The molecule has 1 aliphatic rings. The largest absolute Gasteiger partial charge is 0.478 e. The molecule has 0 aromatic carbocycles. The first-order valence-corrected chi connectivity index (χ1v) is 7.17. The third-order valence-corrected chi connectivity index (χ3v) is 4.71. The number of carboxylic acids is 1. The van der Waals surface area contributed by atoms with Crippen LogP contribution in [0.4, 0.5) is 0 Å². The van der Waals surface area contributed by atoms with Gasteiger partial charge in [0, 0.05) is 29.8 Å². The Bertz CT molecular complexity index is 489. The second-order valence-corrected chi connectivity index (χ2v) is 6.04. The zero-order valence-corrected chi connectivity index (χ0v) is 11.7. The van der Waals surface area contributed by atoms with Gasteiger partial charge in [-0.25, -0.2) is 4.79 Å². The monoisotopic (exact) mass is 280 g/mol. The van der Waals surface area contributed by atoms with Crippen LogP contribution in [0.5, 0.6) is 0 Å². The molecule has 5 nitrogen and oxygen atoms in total. The molecule has 1 N–H and O–H groups in total. The minimum Gasteiger partial charge on any atom is -0.478 e. The highest BCUT2D eigenvalue weighted by Crippen LogP contribution is 2.25. The number of pyridine rings is 1. The molecule has 2 unspecified atom stereocenters. The standard InChI is InChI=1S/C13H16N2O3S/c1-8-9(2)19-6-5-15(8)12(16)11-4-3-10(7-14-11)13(17)18/h3-4,7-9H,5-6H2,1-2H3,(H,17,18). The molecule has 0 saturated carbocycles. The van der Waals surface area contributed by atoms with Crippen molar-refractivity contribution in [2.45, 2.75) is 25.1 Å². The number of thioether (sulfide) groups is 1. The predicted molar refractivity (Wildman–Crippen MR) is 73.6 cm³/mol. The molecular formula is C13H16N2O3S. The van der Waals surface area contributed by atoms with Crippen molar-refractivity contribution in [3.63, 3.8) is 0 Å². The molecule has 102 valence electrons. The van der Waals surface area contributed by atoms with Gasteiger partial charge >= 0.3 is 5.97 Å². The summed E-state index contributed by atoms with van der Waals surface area (Å²) in [5, 5.41) is 9.20. The van der Waals surface area contributed by atoms with E-state index in [4.69, 9.17) is 5.11 Å². The number of carbonyl (C=O) groups is 2. The Morgan fingerprint density at radius 1 is 1.42 bits per heavy atom. The second-order valence-electron chi connectivity index (χ2n) is 4.55. The zero-order valence-electron chi connectivity index (χ0n) is 10.9. The Morgan fingerprint density at radius 3 is 2.74 bits per heavy atom. The summed E-state index contributed by atoms with van der Waals surface area (Å²) in [4.78, 5) is 28.8. The van der Waals surface area contributed by atoms with Crippen molar-refractivity contribution in [3.05, 3.63) is 29.6 Å². The number of aromatic nitrogens is 1. The van der Waals surface area contributed by atoms with Crippen LogP contribution in [0.3, 0.4) is 0 Å². The number of aromatic carboxylic acids is 1. The Hall–Kier alpha value is -1.56. The maximum Gasteiger partial charge on any atom is 0.337 e. The van der Waals surface area contributed by atoms with E-state index >= 15 is 0 Å². The molecule has 19 heavy (non-hydrogen) atoms. The van der Waals surface area contributed by atoms with E-state index in [2.05, 4.69) is 11.9 Å². The molecule has 6 heteroatoms. The first kappa shape index (κ1) is 13.9. The predicted octanol–water partition coefficient (Wildman–Crippen LogP) is 1.75. The average Bonchev–Trinajstić information content (AvgIpc) is 2.41. The van der Waals surface area contributed by atoms with Gasteiger partial charge in [0.1, 0.15) is 5.69 Å². The van der Waals surface area contributed by atoms with Gasteiger partial charge in [-0.2, -0.15) is 11.8 Å². The molecule has 0 aliphatic carbocycles. The van der Waals surface area contributed by atoms with Crippen LogP contribution < -0.4 is 0 Å². The van der Waals surface area contributed by atoms with Gasteiger partial charge in [-0.3, -0.25) is 9.78 Å². The van der Waals surface area contributed by atoms with E-state index in [9.17, 15) is 9.59 Å². The molecular weight excluding hydrogens is 264 g/mol. The molecule has 2 heterocycles. The Morgan fingerprint density at radius 2 is 2.16 bits per heavy atom. The van der Waals surface area contributed by atoms with Crippen molar-refractivity contribution >= 4 is 23.6 Å². The molecule has 2 rings (SSSR count). The Kier molecular flexibility index (Phi) is 4.09. The lowest BCUT2D eigenvalue weighted by molar-refractivity contribution is 0.0678. The van der Waals surface area contributed by atoms with E-state index in [0.29, 0.717) is 17.5 Å². The van der Waals surface area contributed by atoms with Crippen LogP contribution in [0.1, 0.15) is 34.7 Å². The van der Waals surface area contributed by atoms with Gasteiger partial charge in [0.15, 0.2) is 0 Å². The molecule has 0 spiro atoms. The minimum atomic E-state index is -1.04. The van der Waals surface area contributed by atoms with Crippen molar-refractivity contribution in [1.82, 2.24) is 9.88 Å². The summed E-state index contributed by atoms with van der Waals surface area (Å²) in [6.45, 7) is 4.84. The molecule has 0 radical (unpaired) electrons. The number of amides is 1. The zero-order chi connectivity index (χ0) is 14.0. The van der Waals surface area contributed by atoms with Crippen LogP contribution in [-0.4, -0.2) is 50.5 Å². The topological polar surface area (TPSA) is 70.5 Å². The van der Waals surface area contributed by atoms with Crippen molar-refractivity contribution in [3.8, 4) is 0 Å². The summed E-state index contributed by atoms with van der Waals surface area (Å²) in [6.07, 6.45) is 1.22. The van der Waals surface area contributed by atoms with Gasteiger partial charge in [0.25, 0.3) is 5.91 Å². The van der Waals surface area contributed by atoms with Crippen LogP contribution in [0, 0.1) is 0 Å². The molecule has 1 aromatic heterocycles. The van der Waals surface area contributed by atoms with Gasteiger partial charge in [0.2, 0.25) is 0 Å². The number of hydrogen-bond acceptors (Lipinski definition) is 4. The van der Waals surface area contributed by atoms with E-state index in [1.54, 1.807) is 0 Å². The van der Waals surface area contributed by atoms with Crippen LogP contribution in [0.2, 0.25) is 0 Å². The van der Waals surface area contributed by atoms with Gasteiger partial charge in [0.05, 0.1) is 5.56 Å². The van der Waals surface area contributed by atoms with E-state index in [1.807, 2.05) is 23.6 Å². The highest BCUT2D eigenvalue weighted by atomic mass is 32.2. The van der Waals surface area contributed by atoms with E-state index in [-0.39, 0.29) is 17.5 Å². The van der Waals surface area contributed by atoms with Crippen LogP contribution in [-0.2, 0) is 0 Å². The number of hydrogen-bond donors (Lipinski definition) is 1. The second kappa shape index (κ2) is 5.61. The first-order chi connectivity index (χ1) is 9.00. The fourth-order valence-corrected chi connectivity index (χ4v) is 3.11. The maximum absolute atomic E-state index is 12.3. The Labute approximate surface area is 116 Å². The van der Waals surface area contributed by atoms with E-state index in [1.165, 1.54) is 18.3 Å². The van der Waals surface area contributed by atoms with Gasteiger partial charge in [-0.1, -0.05) is 6.92 Å². The average molecular weight is 280 g/mol. The number of rotatable bonds is 2. The number of carbonyl (C=O) groups excluding carboxylic acids is 1. The fraction of sp³-hybridized carbons (Fsp3) is 0.462. The van der Waals surface area contributed by atoms with E-state index < -0.39 is 5.97 Å². The van der Waals surface area contributed by atoms with Gasteiger partial charge in [-0.05, 0) is 19.1 Å². The van der Waals surface area contributed by atoms with Crippen LogP contribution >= 0.6 is 11.8 Å². The van der Waals surface area contributed by atoms with Crippen molar-refractivity contribution in [2.75, 3.05) is 12.3 Å². The third-order valence-electron chi connectivity index (χ3n) is 3.37. The SMILES string of the molecule is CC1SCCN(C(=O)c2ccc(C(=O)O)cn2)C1C. The van der Waals surface area contributed by atoms with Gasteiger partial charge in [-0.15, -0.1) is 0 Å². The van der Waals surface area contributed by atoms with Crippen molar-refractivity contribution in [1.29, 1.82) is 0 Å². The summed E-state index contributed by atoms with van der Waals surface area (Å²) in [6, 6.07) is 3.05. The van der Waals surface area contributed by atoms with Crippen LogP contribution in [0.15, 0.2) is 18.3 Å². The molecule has 1 saturated heterocycles. The lowest BCUT2D eigenvalue weighted by atomic mass is 10.1. The maximum atomic E-state index is 12.3. The quantitative estimate of drug-likeness (QED) is 0.893. The lowest BCUT2D eigenvalue weighted by Gasteiger charge is -2.37. The highest BCUT2D eigenvalue weighted by Gasteiger charge is 2.30. The molecule has 1 amide bonds. The number of carboxylic acid groups (broad SMARTS) is 1. The normalized spacial score (nSPS) is 23.2. The highest BCUT2D eigenvalue weighted by molar-refractivity contribution is 8.00. The molecule has 1 aromatic rings. The molecule has 2 atom stereocenters. The lowest BCUT2D eigenvalue weighted by Crippen LogP contribution is -2.48. The van der Waals surface area contributed by atoms with Crippen molar-refractivity contribution in [2.24, 2.45) is 0 Å². The summed E-state index contributed by atoms with van der Waals surface area (Å²) >= 11 is 1.86. The smallest absolute Gasteiger partial charge is 0.337 e. The minimum absolute atomic E-state index is 0.0900. The fourth-order valence-electron chi connectivity index (χ4n) is 2.01. The molecule has 1 fully saturated rings. The summed E-state index contributed by atoms with van der Waals surface area (Å²) < 4.78 is 0. The summed E-state index contributed by atoms with van der Waals surface area (Å²) in [5.41, 5.74) is 0.392. The summed E-state index contributed by atoms with van der Waals surface area (Å²) in [5.74, 6) is -0.246. The molecule has 0 bridgehead atoms. The van der Waals surface area contributed by atoms with Crippen LogP contribution in [0.25, 0.3) is 0 Å².